The van der Waals surface area contributed by atoms with Crippen LogP contribution in [0.4, 0.5) is 0 Å². The Hall–Kier alpha value is -2.20. The summed E-state index contributed by atoms with van der Waals surface area (Å²) in [6.45, 7) is 0. The van der Waals surface area contributed by atoms with Crippen LogP contribution in [0.5, 0.6) is 0 Å². The molecule has 3 aromatic rings. The Morgan fingerprint density at radius 2 is 1.79 bits per heavy atom. The maximum Gasteiger partial charge on any atom is 0.251 e. The Kier molecular flexibility index (Phi) is 2.80. The van der Waals surface area contributed by atoms with Crippen LogP contribution in [0.15, 0.2) is 47.3 Å². The van der Waals surface area contributed by atoms with Gasteiger partial charge in [0.1, 0.15) is 0 Å². The highest BCUT2D eigenvalue weighted by molar-refractivity contribution is 7.24. The van der Waals surface area contributed by atoms with Crippen molar-refractivity contribution in [1.29, 1.82) is 0 Å². The number of nitrogens with one attached hydrogen (secondary N) is 1. The molecule has 0 fully saturated rings. The van der Waals surface area contributed by atoms with Crippen LogP contribution in [-0.4, -0.2) is 13.0 Å². The summed E-state index contributed by atoms with van der Waals surface area (Å²) in [6.07, 6.45) is 0. The summed E-state index contributed by atoms with van der Waals surface area (Å²) in [5.41, 5.74) is 0.591. The van der Waals surface area contributed by atoms with Crippen LogP contribution in [-0.2, 0) is 0 Å². The van der Waals surface area contributed by atoms with Gasteiger partial charge in [-0.2, -0.15) is 0 Å². The zero-order valence-electron chi connectivity index (χ0n) is 10.3. The highest BCUT2D eigenvalue weighted by Crippen LogP contribution is 2.25. The number of rotatable bonds is 1. The van der Waals surface area contributed by atoms with E-state index in [1.807, 2.05) is 24.3 Å². The second-order valence-electron chi connectivity index (χ2n) is 4.22. The molecular formula is C15H11NO2S. The molecule has 1 amide bonds. The van der Waals surface area contributed by atoms with E-state index in [2.05, 4.69) is 5.32 Å². The molecule has 0 aliphatic rings. The Morgan fingerprint density at radius 1 is 1.05 bits per heavy atom. The second-order valence-corrected chi connectivity index (χ2v) is 5.30. The van der Waals surface area contributed by atoms with Gasteiger partial charge in [0.05, 0.1) is 0 Å². The predicted octanol–water partition coefficient (Wildman–Crippen LogP) is 2.77. The Morgan fingerprint density at radius 3 is 2.58 bits per heavy atom. The lowest BCUT2D eigenvalue weighted by molar-refractivity contribution is 0.0963. The average molecular weight is 269 g/mol. The molecule has 0 atom stereocenters. The van der Waals surface area contributed by atoms with Gasteiger partial charge in [-0.05, 0) is 30.3 Å². The van der Waals surface area contributed by atoms with Crippen LogP contribution < -0.4 is 10.7 Å². The van der Waals surface area contributed by atoms with Crippen LogP contribution in [0.25, 0.3) is 20.2 Å². The SMILES string of the molecule is CNC(=O)c1ccc2c(=O)c3ccccc3sc2c1. The summed E-state index contributed by atoms with van der Waals surface area (Å²) in [6, 6.07) is 12.7. The van der Waals surface area contributed by atoms with E-state index in [0.717, 1.165) is 14.8 Å². The van der Waals surface area contributed by atoms with Gasteiger partial charge in [-0.15, -0.1) is 11.3 Å². The first kappa shape index (κ1) is 11.9. The van der Waals surface area contributed by atoms with E-state index in [4.69, 9.17) is 0 Å². The number of hydrogen-bond acceptors (Lipinski definition) is 3. The number of carbonyl (C=O) groups is 1. The largest absolute Gasteiger partial charge is 0.355 e. The third kappa shape index (κ3) is 1.90. The molecular weight excluding hydrogens is 258 g/mol. The summed E-state index contributed by atoms with van der Waals surface area (Å²) in [7, 11) is 1.59. The normalized spacial score (nSPS) is 10.8. The molecule has 0 aliphatic heterocycles. The summed E-state index contributed by atoms with van der Waals surface area (Å²) < 4.78 is 1.78. The van der Waals surface area contributed by atoms with Crippen LogP contribution in [0.2, 0.25) is 0 Å². The third-order valence-electron chi connectivity index (χ3n) is 3.07. The fraction of sp³-hybridized carbons (Fsp3) is 0.0667. The quantitative estimate of drug-likeness (QED) is 0.690. The first-order chi connectivity index (χ1) is 9.20. The second kappa shape index (κ2) is 4.48. The molecule has 1 heterocycles. The zero-order chi connectivity index (χ0) is 13.4. The lowest BCUT2D eigenvalue weighted by Gasteiger charge is -2.03. The van der Waals surface area contributed by atoms with Gasteiger partial charge in [0, 0.05) is 32.8 Å². The Labute approximate surface area is 113 Å². The van der Waals surface area contributed by atoms with Crippen LogP contribution in [0.1, 0.15) is 10.4 Å². The minimum Gasteiger partial charge on any atom is -0.355 e. The standard InChI is InChI=1S/C15H11NO2S/c1-16-15(18)9-6-7-11-13(8-9)19-12-5-3-2-4-10(12)14(11)17/h2-8H,1H3,(H,16,18). The van der Waals surface area contributed by atoms with Gasteiger partial charge in [0.2, 0.25) is 0 Å². The Bertz CT molecular complexity index is 852. The van der Waals surface area contributed by atoms with Gasteiger partial charge in [0.25, 0.3) is 5.91 Å². The number of benzene rings is 2. The van der Waals surface area contributed by atoms with Gasteiger partial charge < -0.3 is 5.32 Å². The molecule has 2 aromatic carbocycles. The fourth-order valence-corrected chi connectivity index (χ4v) is 3.20. The van der Waals surface area contributed by atoms with E-state index >= 15 is 0 Å². The molecule has 19 heavy (non-hydrogen) atoms. The molecule has 0 spiro atoms. The summed E-state index contributed by atoms with van der Waals surface area (Å²) >= 11 is 1.53. The molecule has 0 radical (unpaired) electrons. The number of fused-ring (bicyclic) bond motifs is 2. The molecule has 3 nitrogen and oxygen atoms in total. The fourth-order valence-electron chi connectivity index (χ4n) is 2.09. The molecule has 0 bridgehead atoms. The maximum atomic E-state index is 12.3. The lowest BCUT2D eigenvalue weighted by atomic mass is 10.1. The zero-order valence-corrected chi connectivity index (χ0v) is 11.1. The number of carbonyl (C=O) groups excluding carboxylic acids is 1. The molecule has 4 heteroatoms. The van der Waals surface area contributed by atoms with Crippen molar-refractivity contribution in [3.05, 3.63) is 58.3 Å². The van der Waals surface area contributed by atoms with Crippen molar-refractivity contribution in [3.63, 3.8) is 0 Å². The average Bonchev–Trinajstić information content (AvgIpc) is 2.46. The molecule has 3 rings (SSSR count). The van der Waals surface area contributed by atoms with Gasteiger partial charge in [-0.3, -0.25) is 9.59 Å². The molecule has 94 valence electrons. The summed E-state index contributed by atoms with van der Waals surface area (Å²) in [5.74, 6) is -0.144. The van der Waals surface area contributed by atoms with Crippen molar-refractivity contribution in [2.75, 3.05) is 7.05 Å². The van der Waals surface area contributed by atoms with E-state index < -0.39 is 0 Å². The third-order valence-corrected chi connectivity index (χ3v) is 4.20. The van der Waals surface area contributed by atoms with Crippen LogP contribution in [0.3, 0.4) is 0 Å². The molecule has 0 saturated carbocycles. The van der Waals surface area contributed by atoms with Crippen molar-refractivity contribution >= 4 is 37.4 Å². The van der Waals surface area contributed by atoms with Gasteiger partial charge in [0.15, 0.2) is 5.43 Å². The molecule has 0 unspecified atom stereocenters. The van der Waals surface area contributed by atoms with E-state index in [-0.39, 0.29) is 11.3 Å². The van der Waals surface area contributed by atoms with Crippen molar-refractivity contribution in [2.45, 2.75) is 0 Å². The minimum atomic E-state index is -0.144. The Balaban J connectivity index is 2.38. The topological polar surface area (TPSA) is 46.2 Å². The maximum absolute atomic E-state index is 12.3. The molecule has 0 aliphatic carbocycles. The van der Waals surface area contributed by atoms with Crippen molar-refractivity contribution in [3.8, 4) is 0 Å². The van der Waals surface area contributed by atoms with Gasteiger partial charge in [-0.25, -0.2) is 0 Å². The lowest BCUT2D eigenvalue weighted by Crippen LogP contribution is -2.17. The highest BCUT2D eigenvalue weighted by Gasteiger charge is 2.08. The molecule has 1 N–H and O–H groups in total. The first-order valence-corrected chi connectivity index (χ1v) is 6.70. The first-order valence-electron chi connectivity index (χ1n) is 5.88. The molecule has 1 aromatic heterocycles. The number of hydrogen-bond donors (Lipinski definition) is 1. The minimum absolute atomic E-state index is 0.0211. The smallest absolute Gasteiger partial charge is 0.251 e. The van der Waals surface area contributed by atoms with E-state index in [1.165, 1.54) is 11.3 Å². The van der Waals surface area contributed by atoms with Gasteiger partial charge in [-0.1, -0.05) is 12.1 Å². The summed E-state index contributed by atoms with van der Waals surface area (Å²) in [4.78, 5) is 24.0. The van der Waals surface area contributed by atoms with E-state index in [0.29, 0.717) is 10.9 Å². The van der Waals surface area contributed by atoms with Gasteiger partial charge >= 0.3 is 0 Å². The highest BCUT2D eigenvalue weighted by atomic mass is 32.1. The molecule has 0 saturated heterocycles. The van der Waals surface area contributed by atoms with E-state index in [9.17, 15) is 9.59 Å². The van der Waals surface area contributed by atoms with Crippen LogP contribution >= 0.6 is 11.3 Å². The predicted molar refractivity (Wildman–Crippen MR) is 79.0 cm³/mol. The van der Waals surface area contributed by atoms with Crippen molar-refractivity contribution < 1.29 is 4.79 Å². The van der Waals surface area contributed by atoms with E-state index in [1.54, 1.807) is 25.2 Å². The van der Waals surface area contributed by atoms with Crippen molar-refractivity contribution in [1.82, 2.24) is 5.32 Å². The summed E-state index contributed by atoms with van der Waals surface area (Å²) in [5, 5.41) is 3.98. The van der Waals surface area contributed by atoms with Crippen molar-refractivity contribution in [2.24, 2.45) is 0 Å². The monoisotopic (exact) mass is 269 g/mol. The van der Waals surface area contributed by atoms with Crippen LogP contribution in [0, 0.1) is 0 Å². The number of amides is 1.